The zero-order valence-corrected chi connectivity index (χ0v) is 34.3. The van der Waals surface area contributed by atoms with Gasteiger partial charge in [-0.05, 0) is 138 Å². The van der Waals surface area contributed by atoms with Crippen LogP contribution in [0, 0.1) is 0 Å². The molecule has 0 spiro atoms. The van der Waals surface area contributed by atoms with Gasteiger partial charge in [-0.15, -0.1) is 0 Å². The maximum absolute atomic E-state index is 13.9. The molecule has 2 fully saturated rings. The molecule has 3 amide bonds. The van der Waals surface area contributed by atoms with Gasteiger partial charge in [0.05, 0.1) is 17.4 Å². The number of pyridine rings is 1. The minimum atomic E-state index is -0.560. The van der Waals surface area contributed by atoms with E-state index in [0.717, 1.165) is 70.3 Å². The third-order valence-corrected chi connectivity index (χ3v) is 11.4. The molecule has 2 unspecified atom stereocenters. The molecule has 0 saturated carbocycles. The van der Waals surface area contributed by atoms with Gasteiger partial charge in [0.25, 0.3) is 17.7 Å². The highest BCUT2D eigenvalue weighted by Gasteiger charge is 2.34. The molecule has 304 valence electrons. The molecule has 58 heavy (non-hydrogen) atoms. The van der Waals surface area contributed by atoms with E-state index in [-0.39, 0.29) is 35.8 Å². The zero-order chi connectivity index (χ0) is 40.8. The van der Waals surface area contributed by atoms with Gasteiger partial charge in [-0.2, -0.15) is 0 Å². The quantitative estimate of drug-likeness (QED) is 0.149. The van der Waals surface area contributed by atoms with Crippen molar-refractivity contribution < 1.29 is 23.9 Å². The molecule has 0 radical (unpaired) electrons. The molecule has 7 rings (SSSR count). The summed E-state index contributed by atoms with van der Waals surface area (Å²) in [5.41, 5.74) is 5.97. The van der Waals surface area contributed by atoms with Gasteiger partial charge in [0.1, 0.15) is 11.6 Å². The van der Waals surface area contributed by atoms with Crippen molar-refractivity contribution in [2.45, 2.75) is 89.8 Å². The molecule has 4 aromatic rings. The second-order valence-corrected chi connectivity index (χ2v) is 16.8. The van der Waals surface area contributed by atoms with E-state index in [4.69, 9.17) is 9.72 Å². The number of hydrogen-bond acceptors (Lipinski definition) is 8. The molecule has 3 aliphatic rings. The first-order chi connectivity index (χ1) is 27.9. The number of hydrogen-bond donors (Lipinski definition) is 2. The average molecular weight is 785 g/mol. The molecule has 11 heteroatoms. The number of aryl methyl sites for hydroxylation is 1. The van der Waals surface area contributed by atoms with Gasteiger partial charge in [-0.1, -0.05) is 30.3 Å². The van der Waals surface area contributed by atoms with Crippen LogP contribution in [0.15, 0.2) is 85.1 Å². The molecule has 2 N–H and O–H groups in total. The summed E-state index contributed by atoms with van der Waals surface area (Å²) in [7, 11) is 1.74. The summed E-state index contributed by atoms with van der Waals surface area (Å²) in [5.74, 6) is -0.980. The molecular formula is C47H56N6O5. The Morgan fingerprint density at radius 3 is 2.40 bits per heavy atom. The predicted octanol–water partition coefficient (Wildman–Crippen LogP) is 7.68. The maximum atomic E-state index is 13.9. The van der Waals surface area contributed by atoms with E-state index in [0.29, 0.717) is 46.7 Å². The third kappa shape index (κ3) is 9.76. The Balaban J connectivity index is 1.07. The van der Waals surface area contributed by atoms with Gasteiger partial charge in [0.15, 0.2) is 0 Å². The fourth-order valence-electron chi connectivity index (χ4n) is 8.39. The van der Waals surface area contributed by atoms with E-state index in [9.17, 15) is 19.2 Å². The Kier molecular flexibility index (Phi) is 12.6. The lowest BCUT2D eigenvalue weighted by Gasteiger charge is -2.29. The largest absolute Gasteiger partial charge is 0.459 e. The van der Waals surface area contributed by atoms with E-state index in [2.05, 4.69) is 32.6 Å². The van der Waals surface area contributed by atoms with Crippen LogP contribution >= 0.6 is 0 Å². The van der Waals surface area contributed by atoms with Gasteiger partial charge in [0, 0.05) is 67.4 Å². The third-order valence-electron chi connectivity index (χ3n) is 11.4. The molecule has 3 heterocycles. The number of piperidine rings is 1. The molecule has 1 aliphatic carbocycles. The van der Waals surface area contributed by atoms with Crippen molar-refractivity contribution in [2.24, 2.45) is 0 Å². The van der Waals surface area contributed by atoms with Crippen molar-refractivity contribution in [1.29, 1.82) is 0 Å². The number of esters is 1. The molecule has 2 atom stereocenters. The van der Waals surface area contributed by atoms with E-state index >= 15 is 0 Å². The Bertz CT molecular complexity index is 2140. The van der Waals surface area contributed by atoms with Crippen LogP contribution in [0.1, 0.15) is 114 Å². The minimum absolute atomic E-state index is 0.0598. The van der Waals surface area contributed by atoms with Crippen LogP contribution in [0.25, 0.3) is 11.3 Å². The highest BCUT2D eigenvalue weighted by molar-refractivity contribution is 6.08. The number of amides is 3. The molecule has 11 nitrogen and oxygen atoms in total. The Morgan fingerprint density at radius 2 is 1.59 bits per heavy atom. The fourth-order valence-corrected chi connectivity index (χ4v) is 8.39. The van der Waals surface area contributed by atoms with E-state index in [1.807, 2.05) is 51.1 Å². The molecule has 1 aromatic heterocycles. The van der Waals surface area contributed by atoms with Crippen LogP contribution < -0.4 is 15.5 Å². The predicted molar refractivity (Wildman–Crippen MR) is 227 cm³/mol. The number of rotatable bonds is 11. The van der Waals surface area contributed by atoms with Gasteiger partial charge >= 0.3 is 5.97 Å². The number of likely N-dealkylation sites (N-methyl/N-ethyl adjacent to an activating group) is 1. The summed E-state index contributed by atoms with van der Waals surface area (Å²) < 4.78 is 5.65. The van der Waals surface area contributed by atoms with E-state index in [1.165, 1.54) is 17.5 Å². The highest BCUT2D eigenvalue weighted by atomic mass is 16.6. The van der Waals surface area contributed by atoms with Crippen molar-refractivity contribution >= 4 is 35.1 Å². The Labute approximate surface area is 342 Å². The van der Waals surface area contributed by atoms with Gasteiger partial charge in [0.2, 0.25) is 0 Å². The van der Waals surface area contributed by atoms with Crippen molar-refractivity contribution in [3.63, 3.8) is 0 Å². The SMILES string of the molecule is CN(CCN1CCCC1C(=O)OC(C)(C)C)C(=O)c1cccc(C(=O)Nc2ccc(N3CCCCC3)cc2-c2cc(C(=O)NC3CCCc4ccccc43)ccn2)c1. The number of carbonyl (C=O) groups is 4. The smallest absolute Gasteiger partial charge is 0.323 e. The average Bonchev–Trinajstić information content (AvgIpc) is 3.72. The summed E-state index contributed by atoms with van der Waals surface area (Å²) in [5, 5.41) is 6.36. The van der Waals surface area contributed by atoms with Crippen LogP contribution in [-0.4, -0.2) is 89.9 Å². The van der Waals surface area contributed by atoms with E-state index < -0.39 is 5.60 Å². The lowest BCUT2D eigenvalue weighted by Crippen LogP contribution is -2.44. The second kappa shape index (κ2) is 17.9. The number of nitrogens with zero attached hydrogens (tertiary/aromatic N) is 4. The van der Waals surface area contributed by atoms with Gasteiger partial charge in [-0.25, -0.2) is 0 Å². The number of likely N-dealkylation sites (tertiary alicyclic amines) is 1. The van der Waals surface area contributed by atoms with Gasteiger partial charge < -0.3 is 25.2 Å². The number of benzene rings is 3. The summed E-state index contributed by atoms with van der Waals surface area (Å²) >= 11 is 0. The highest BCUT2D eigenvalue weighted by Crippen LogP contribution is 2.34. The summed E-state index contributed by atoms with van der Waals surface area (Å²) in [4.78, 5) is 64.9. The molecule has 2 aliphatic heterocycles. The van der Waals surface area contributed by atoms with Crippen molar-refractivity contribution in [1.82, 2.24) is 20.1 Å². The molecular weight excluding hydrogens is 729 g/mol. The number of anilines is 2. The second-order valence-electron chi connectivity index (χ2n) is 16.8. The topological polar surface area (TPSA) is 124 Å². The number of fused-ring (bicyclic) bond motifs is 1. The summed E-state index contributed by atoms with van der Waals surface area (Å²) in [6, 6.07) is 24.1. The Hall–Kier alpha value is -5.55. The summed E-state index contributed by atoms with van der Waals surface area (Å²) in [6.07, 6.45) is 9.61. The standard InChI is InChI=1S/C47H56N6O5/c1-47(2,3)58-46(57)42-19-12-26-53(42)28-27-51(4)45(56)35-16-10-15-33(29-35)43(54)50-40-21-20-36(52-24-8-5-9-25-52)31-38(40)41-30-34(22-23-48-41)44(55)49-39-18-11-14-32-13-6-7-17-37(32)39/h6-7,10,13,15-17,20-23,29-31,39,42H,5,8-9,11-12,14,18-19,24-28H2,1-4H3,(H,49,55)(H,50,54). The number of aromatic nitrogens is 1. The summed E-state index contributed by atoms with van der Waals surface area (Å²) in [6.45, 7) is 9.21. The van der Waals surface area contributed by atoms with Crippen LogP contribution in [0.5, 0.6) is 0 Å². The van der Waals surface area contributed by atoms with Gasteiger partial charge in [-0.3, -0.25) is 29.1 Å². The van der Waals surface area contributed by atoms with Crippen LogP contribution in [0.2, 0.25) is 0 Å². The first-order valence-electron chi connectivity index (χ1n) is 20.8. The van der Waals surface area contributed by atoms with Crippen molar-refractivity contribution in [2.75, 3.05) is 50.0 Å². The number of ether oxygens (including phenoxy) is 1. The molecule has 0 bridgehead atoms. The van der Waals surface area contributed by atoms with E-state index in [1.54, 1.807) is 54.5 Å². The molecule has 3 aromatic carbocycles. The normalized spacial score (nSPS) is 18.2. The molecule has 2 saturated heterocycles. The van der Waals surface area contributed by atoms with Crippen molar-refractivity contribution in [3.05, 3.63) is 113 Å². The van der Waals surface area contributed by atoms with Crippen LogP contribution in [0.3, 0.4) is 0 Å². The number of carbonyl (C=O) groups excluding carboxylic acids is 4. The minimum Gasteiger partial charge on any atom is -0.459 e. The lowest BCUT2D eigenvalue weighted by molar-refractivity contribution is -0.160. The maximum Gasteiger partial charge on any atom is 0.323 e. The van der Waals surface area contributed by atoms with Crippen LogP contribution in [-0.2, 0) is 16.0 Å². The first-order valence-corrected chi connectivity index (χ1v) is 20.8. The Morgan fingerprint density at radius 1 is 0.810 bits per heavy atom. The number of nitrogens with one attached hydrogen (secondary N) is 2. The first kappa shape index (κ1) is 40.6. The monoisotopic (exact) mass is 784 g/mol. The zero-order valence-electron chi connectivity index (χ0n) is 34.3. The van der Waals surface area contributed by atoms with Crippen molar-refractivity contribution in [3.8, 4) is 11.3 Å². The fraction of sp³-hybridized carbons (Fsp3) is 0.426. The lowest BCUT2D eigenvalue weighted by atomic mass is 9.87. The van der Waals surface area contributed by atoms with Crippen LogP contribution in [0.4, 0.5) is 11.4 Å².